The second kappa shape index (κ2) is 7.09. The van der Waals surface area contributed by atoms with E-state index in [1.165, 1.54) is 17.8 Å². The van der Waals surface area contributed by atoms with Gasteiger partial charge in [-0.2, -0.15) is 0 Å². The van der Waals surface area contributed by atoms with E-state index >= 15 is 0 Å². The van der Waals surface area contributed by atoms with Gasteiger partial charge in [0.05, 0.1) is 11.3 Å². The summed E-state index contributed by atoms with van der Waals surface area (Å²) in [5, 5.41) is 16.2. The molecule has 0 fully saturated rings. The molecule has 0 saturated carbocycles. The van der Waals surface area contributed by atoms with E-state index in [9.17, 15) is 4.39 Å². The lowest BCUT2D eigenvalue weighted by Gasteiger charge is -1.96. The van der Waals surface area contributed by atoms with Gasteiger partial charge in [0, 0.05) is 5.56 Å². The zero-order valence-electron chi connectivity index (χ0n) is 13.7. The van der Waals surface area contributed by atoms with Crippen LogP contribution in [-0.2, 0) is 5.75 Å². The number of rotatable bonds is 5. The molecule has 0 radical (unpaired) electrons. The standard InChI is InChI=1S/C18H13FN4O2S/c1-11-5-4-6-12(9-11)16-21-20-15(24-16)10-26-18-23-22-17(25-18)13-7-2-3-8-14(13)19/h2-9H,10H2,1H3. The second-order valence-electron chi connectivity index (χ2n) is 5.51. The largest absolute Gasteiger partial charge is 0.420 e. The van der Waals surface area contributed by atoms with Crippen molar-refractivity contribution < 1.29 is 13.2 Å². The minimum absolute atomic E-state index is 0.136. The predicted molar refractivity (Wildman–Crippen MR) is 93.7 cm³/mol. The van der Waals surface area contributed by atoms with Gasteiger partial charge >= 0.3 is 0 Å². The highest BCUT2D eigenvalue weighted by molar-refractivity contribution is 7.98. The topological polar surface area (TPSA) is 77.8 Å². The third kappa shape index (κ3) is 3.50. The lowest BCUT2D eigenvalue weighted by molar-refractivity contribution is 0.461. The van der Waals surface area contributed by atoms with Crippen LogP contribution in [0.25, 0.3) is 22.9 Å². The maximum absolute atomic E-state index is 13.8. The van der Waals surface area contributed by atoms with Crippen LogP contribution in [-0.4, -0.2) is 20.4 Å². The van der Waals surface area contributed by atoms with Crippen molar-refractivity contribution in [1.82, 2.24) is 20.4 Å². The number of nitrogens with zero attached hydrogens (tertiary/aromatic N) is 4. The van der Waals surface area contributed by atoms with E-state index in [-0.39, 0.29) is 11.5 Å². The smallest absolute Gasteiger partial charge is 0.277 e. The summed E-state index contributed by atoms with van der Waals surface area (Å²) in [6.07, 6.45) is 0. The summed E-state index contributed by atoms with van der Waals surface area (Å²) in [7, 11) is 0. The van der Waals surface area contributed by atoms with Crippen LogP contribution in [0.3, 0.4) is 0 Å². The summed E-state index contributed by atoms with van der Waals surface area (Å²) in [5.74, 6) is 1.00. The third-order valence-corrected chi connectivity index (χ3v) is 4.36. The maximum atomic E-state index is 13.8. The predicted octanol–water partition coefficient (Wildman–Crippen LogP) is 4.53. The van der Waals surface area contributed by atoms with Crippen molar-refractivity contribution in [2.24, 2.45) is 0 Å². The molecule has 0 aliphatic carbocycles. The highest BCUT2D eigenvalue weighted by atomic mass is 32.2. The van der Waals surface area contributed by atoms with E-state index in [1.54, 1.807) is 18.2 Å². The molecule has 0 atom stereocenters. The van der Waals surface area contributed by atoms with Crippen LogP contribution < -0.4 is 0 Å². The van der Waals surface area contributed by atoms with Crippen LogP contribution in [0.1, 0.15) is 11.5 Å². The molecule has 0 unspecified atom stereocenters. The molecular weight excluding hydrogens is 355 g/mol. The van der Waals surface area contributed by atoms with E-state index in [0.29, 0.717) is 22.8 Å². The molecule has 0 saturated heterocycles. The fourth-order valence-electron chi connectivity index (χ4n) is 2.34. The van der Waals surface area contributed by atoms with E-state index in [0.717, 1.165) is 11.1 Å². The Labute approximate surface area is 152 Å². The number of hydrogen-bond donors (Lipinski definition) is 0. The second-order valence-corrected chi connectivity index (χ2v) is 6.44. The van der Waals surface area contributed by atoms with Crippen molar-refractivity contribution in [2.75, 3.05) is 0 Å². The Bertz CT molecular complexity index is 1050. The third-order valence-electron chi connectivity index (χ3n) is 3.56. The monoisotopic (exact) mass is 368 g/mol. The molecule has 0 bridgehead atoms. The first kappa shape index (κ1) is 16.5. The quantitative estimate of drug-likeness (QED) is 0.479. The fraction of sp³-hybridized carbons (Fsp3) is 0.111. The van der Waals surface area contributed by atoms with Crippen LogP contribution in [0, 0.1) is 12.7 Å². The number of thioether (sulfide) groups is 1. The fourth-order valence-corrected chi connectivity index (χ4v) is 2.94. The molecule has 6 nitrogen and oxygen atoms in total. The maximum Gasteiger partial charge on any atom is 0.277 e. The Balaban J connectivity index is 1.45. The molecule has 0 spiro atoms. The summed E-state index contributed by atoms with van der Waals surface area (Å²) in [5.41, 5.74) is 2.25. The molecule has 0 aliphatic rings. The molecule has 2 aromatic heterocycles. The Morgan fingerprint density at radius 2 is 1.77 bits per heavy atom. The molecule has 0 N–H and O–H groups in total. The lowest BCUT2D eigenvalue weighted by Crippen LogP contribution is -1.82. The zero-order valence-corrected chi connectivity index (χ0v) is 14.5. The number of hydrogen-bond acceptors (Lipinski definition) is 7. The molecule has 2 heterocycles. The Kier molecular flexibility index (Phi) is 4.49. The van der Waals surface area contributed by atoms with Crippen molar-refractivity contribution in [2.45, 2.75) is 17.9 Å². The number of benzene rings is 2. The lowest BCUT2D eigenvalue weighted by atomic mass is 10.1. The summed E-state index contributed by atoms with van der Waals surface area (Å²) in [6, 6.07) is 14.1. The van der Waals surface area contributed by atoms with Crippen LogP contribution >= 0.6 is 11.8 Å². The molecular formula is C18H13FN4O2S. The van der Waals surface area contributed by atoms with Crippen molar-refractivity contribution in [3.63, 3.8) is 0 Å². The van der Waals surface area contributed by atoms with Crippen LogP contribution in [0.4, 0.5) is 4.39 Å². The van der Waals surface area contributed by atoms with Crippen LogP contribution in [0.5, 0.6) is 0 Å². The highest BCUT2D eigenvalue weighted by Gasteiger charge is 2.14. The van der Waals surface area contributed by atoms with Crippen molar-refractivity contribution in [1.29, 1.82) is 0 Å². The summed E-state index contributed by atoms with van der Waals surface area (Å²) >= 11 is 1.25. The van der Waals surface area contributed by atoms with Gasteiger partial charge in [-0.15, -0.1) is 20.4 Å². The van der Waals surface area contributed by atoms with Gasteiger partial charge in [0.25, 0.3) is 11.1 Å². The van der Waals surface area contributed by atoms with Gasteiger partial charge in [-0.05, 0) is 31.2 Å². The van der Waals surface area contributed by atoms with Crippen LogP contribution in [0.15, 0.2) is 62.6 Å². The average Bonchev–Trinajstić information content (AvgIpc) is 3.30. The Morgan fingerprint density at radius 1 is 0.923 bits per heavy atom. The van der Waals surface area contributed by atoms with E-state index in [4.69, 9.17) is 8.83 Å². The normalized spacial score (nSPS) is 11.0. The Hall–Kier alpha value is -3.00. The van der Waals surface area contributed by atoms with Gasteiger partial charge in [-0.25, -0.2) is 4.39 Å². The van der Waals surface area contributed by atoms with Gasteiger partial charge in [-0.1, -0.05) is 41.6 Å². The summed E-state index contributed by atoms with van der Waals surface area (Å²) < 4.78 is 24.9. The summed E-state index contributed by atoms with van der Waals surface area (Å²) in [6.45, 7) is 2.00. The van der Waals surface area contributed by atoms with Crippen molar-refractivity contribution in [3.8, 4) is 22.9 Å². The first-order valence-corrected chi connectivity index (χ1v) is 8.78. The zero-order chi connectivity index (χ0) is 17.9. The molecule has 4 aromatic rings. The van der Waals surface area contributed by atoms with Gasteiger partial charge in [0.2, 0.25) is 11.8 Å². The number of aromatic nitrogens is 4. The van der Waals surface area contributed by atoms with E-state index in [2.05, 4.69) is 20.4 Å². The van der Waals surface area contributed by atoms with Crippen molar-refractivity contribution in [3.05, 3.63) is 65.8 Å². The van der Waals surface area contributed by atoms with Crippen LogP contribution in [0.2, 0.25) is 0 Å². The van der Waals surface area contributed by atoms with E-state index in [1.807, 2.05) is 31.2 Å². The molecule has 0 aliphatic heterocycles. The minimum Gasteiger partial charge on any atom is -0.420 e. The highest BCUT2D eigenvalue weighted by Crippen LogP contribution is 2.27. The molecule has 2 aromatic carbocycles. The SMILES string of the molecule is Cc1cccc(-c2nnc(CSc3nnc(-c4ccccc4F)o3)o2)c1. The van der Waals surface area contributed by atoms with E-state index < -0.39 is 5.82 Å². The minimum atomic E-state index is -0.410. The number of halogens is 1. The van der Waals surface area contributed by atoms with Gasteiger partial charge in [0.15, 0.2) is 0 Å². The first-order chi connectivity index (χ1) is 12.7. The Morgan fingerprint density at radius 3 is 2.62 bits per heavy atom. The van der Waals surface area contributed by atoms with Gasteiger partial charge in [-0.3, -0.25) is 0 Å². The molecule has 0 amide bonds. The summed E-state index contributed by atoms with van der Waals surface area (Å²) in [4.78, 5) is 0. The van der Waals surface area contributed by atoms with Crippen molar-refractivity contribution >= 4 is 11.8 Å². The molecule has 8 heteroatoms. The molecule has 4 rings (SSSR count). The number of aryl methyl sites for hydroxylation is 1. The molecule has 130 valence electrons. The van der Waals surface area contributed by atoms with Gasteiger partial charge in [0.1, 0.15) is 5.82 Å². The average molecular weight is 368 g/mol. The first-order valence-electron chi connectivity index (χ1n) is 7.79. The molecule has 26 heavy (non-hydrogen) atoms. The van der Waals surface area contributed by atoms with Gasteiger partial charge < -0.3 is 8.83 Å².